The van der Waals surface area contributed by atoms with Crippen molar-refractivity contribution in [2.45, 2.75) is 18.9 Å². The molecule has 0 spiro atoms. The fraction of sp³-hybridized carbons (Fsp3) is 0.333. The Morgan fingerprint density at radius 1 is 1.47 bits per heavy atom. The molecule has 2 rings (SSSR count). The average Bonchev–Trinajstić information content (AvgIpc) is 2.84. The molecule has 1 saturated heterocycles. The van der Waals surface area contributed by atoms with Gasteiger partial charge in [0.1, 0.15) is 11.9 Å². The Balaban J connectivity index is 2.13. The van der Waals surface area contributed by atoms with Gasteiger partial charge < -0.3 is 15.3 Å². The Kier molecular flexibility index (Phi) is 4.23. The van der Waals surface area contributed by atoms with Gasteiger partial charge in [0.25, 0.3) is 0 Å². The maximum Gasteiger partial charge on any atom is 0.326 e. The molecule has 0 saturated carbocycles. The number of carboxylic acids is 1. The summed E-state index contributed by atoms with van der Waals surface area (Å²) in [6, 6.07) is 3.06. The smallest absolute Gasteiger partial charge is 0.326 e. The molecule has 0 radical (unpaired) electrons. The van der Waals surface area contributed by atoms with Crippen LogP contribution >= 0.6 is 22.6 Å². The van der Waals surface area contributed by atoms with Gasteiger partial charge in [0.05, 0.1) is 9.26 Å². The minimum absolute atomic E-state index is 0.305. The van der Waals surface area contributed by atoms with Crippen molar-refractivity contribution < 1.29 is 19.1 Å². The number of hydrogen-bond acceptors (Lipinski definition) is 2. The highest BCUT2D eigenvalue weighted by molar-refractivity contribution is 14.1. The first-order chi connectivity index (χ1) is 9.00. The van der Waals surface area contributed by atoms with Crippen LogP contribution in [0.3, 0.4) is 0 Å². The van der Waals surface area contributed by atoms with E-state index in [1.165, 1.54) is 17.0 Å². The Bertz CT molecular complexity index is 524. The maximum atomic E-state index is 13.3. The predicted octanol–water partition coefficient (Wildman–Crippen LogP) is 2.51. The molecule has 2 amide bonds. The SMILES string of the molecule is O=C(O)[C@@H]1CCCN1C(=O)Nc1cccc(F)c1I. The van der Waals surface area contributed by atoms with Crippen molar-refractivity contribution in [3.63, 3.8) is 0 Å². The molecule has 2 N–H and O–H groups in total. The molecular weight excluding hydrogens is 366 g/mol. The second-order valence-corrected chi connectivity index (χ2v) is 5.30. The molecule has 19 heavy (non-hydrogen) atoms. The van der Waals surface area contributed by atoms with E-state index in [2.05, 4.69) is 5.32 Å². The van der Waals surface area contributed by atoms with Crippen LogP contribution in [0, 0.1) is 9.39 Å². The van der Waals surface area contributed by atoms with Gasteiger partial charge in [0.2, 0.25) is 0 Å². The molecule has 0 aromatic heterocycles. The number of likely N-dealkylation sites (tertiary alicyclic amines) is 1. The summed E-state index contributed by atoms with van der Waals surface area (Å²) in [4.78, 5) is 24.3. The summed E-state index contributed by atoms with van der Waals surface area (Å²) in [7, 11) is 0. The largest absolute Gasteiger partial charge is 0.480 e. The molecule has 7 heteroatoms. The zero-order chi connectivity index (χ0) is 14.0. The van der Waals surface area contributed by atoms with E-state index in [0.717, 1.165) is 0 Å². The number of aliphatic carboxylic acids is 1. The van der Waals surface area contributed by atoms with Crippen molar-refractivity contribution in [2.24, 2.45) is 0 Å². The van der Waals surface area contributed by atoms with Crippen molar-refractivity contribution in [3.8, 4) is 0 Å². The normalized spacial score (nSPS) is 18.4. The summed E-state index contributed by atoms with van der Waals surface area (Å²) in [6.07, 6.45) is 1.10. The van der Waals surface area contributed by atoms with E-state index in [4.69, 9.17) is 5.11 Å². The van der Waals surface area contributed by atoms with Crippen LogP contribution in [0.5, 0.6) is 0 Å². The lowest BCUT2D eigenvalue weighted by Crippen LogP contribution is -2.42. The fourth-order valence-corrected chi connectivity index (χ4v) is 2.55. The van der Waals surface area contributed by atoms with Gasteiger partial charge in [0, 0.05) is 6.54 Å². The van der Waals surface area contributed by atoms with Gasteiger partial charge >= 0.3 is 12.0 Å². The van der Waals surface area contributed by atoms with Crippen LogP contribution in [0.25, 0.3) is 0 Å². The molecule has 5 nitrogen and oxygen atoms in total. The van der Waals surface area contributed by atoms with Crippen LogP contribution < -0.4 is 5.32 Å². The number of carboxylic acid groups (broad SMARTS) is 1. The van der Waals surface area contributed by atoms with E-state index in [1.807, 2.05) is 0 Å². The molecule has 1 aliphatic heterocycles. The van der Waals surface area contributed by atoms with Crippen LogP contribution in [0.1, 0.15) is 12.8 Å². The molecule has 1 atom stereocenters. The van der Waals surface area contributed by atoms with Gasteiger partial charge in [-0.3, -0.25) is 0 Å². The van der Waals surface area contributed by atoms with Crippen molar-refractivity contribution in [3.05, 3.63) is 27.6 Å². The highest BCUT2D eigenvalue weighted by atomic mass is 127. The van der Waals surface area contributed by atoms with E-state index < -0.39 is 23.9 Å². The first-order valence-electron chi connectivity index (χ1n) is 5.75. The van der Waals surface area contributed by atoms with Crippen LogP contribution in [-0.4, -0.2) is 34.6 Å². The lowest BCUT2D eigenvalue weighted by molar-refractivity contribution is -0.141. The van der Waals surface area contributed by atoms with E-state index in [-0.39, 0.29) is 0 Å². The Morgan fingerprint density at radius 3 is 2.89 bits per heavy atom. The number of rotatable bonds is 2. The van der Waals surface area contributed by atoms with E-state index in [1.54, 1.807) is 28.7 Å². The zero-order valence-electron chi connectivity index (χ0n) is 9.90. The summed E-state index contributed by atoms with van der Waals surface area (Å²) in [5.74, 6) is -1.43. The minimum Gasteiger partial charge on any atom is -0.480 e. The molecule has 0 unspecified atom stereocenters. The van der Waals surface area contributed by atoms with Crippen LogP contribution in [0.15, 0.2) is 18.2 Å². The zero-order valence-corrected chi connectivity index (χ0v) is 12.1. The van der Waals surface area contributed by atoms with Crippen LogP contribution in [-0.2, 0) is 4.79 Å². The van der Waals surface area contributed by atoms with Crippen molar-refractivity contribution in [1.82, 2.24) is 4.90 Å². The topological polar surface area (TPSA) is 69.6 Å². The van der Waals surface area contributed by atoms with Gasteiger partial charge in [-0.2, -0.15) is 0 Å². The van der Waals surface area contributed by atoms with E-state index >= 15 is 0 Å². The van der Waals surface area contributed by atoms with Crippen molar-refractivity contribution >= 4 is 40.3 Å². The second-order valence-electron chi connectivity index (χ2n) is 4.22. The molecule has 1 aliphatic rings. The number of anilines is 1. The summed E-state index contributed by atoms with van der Waals surface area (Å²) >= 11 is 1.80. The highest BCUT2D eigenvalue weighted by Crippen LogP contribution is 2.23. The third kappa shape index (κ3) is 2.96. The van der Waals surface area contributed by atoms with E-state index in [9.17, 15) is 14.0 Å². The van der Waals surface area contributed by atoms with Crippen LogP contribution in [0.2, 0.25) is 0 Å². The molecular formula is C12H12FIN2O3. The Hall–Kier alpha value is -1.38. The summed E-state index contributed by atoms with van der Waals surface area (Å²) in [6.45, 7) is 0.398. The first kappa shape index (κ1) is 14.0. The first-order valence-corrected chi connectivity index (χ1v) is 6.83. The Labute approximate surface area is 122 Å². The number of urea groups is 1. The predicted molar refractivity (Wildman–Crippen MR) is 75.5 cm³/mol. The third-order valence-electron chi connectivity index (χ3n) is 2.99. The quantitative estimate of drug-likeness (QED) is 0.778. The van der Waals surface area contributed by atoms with Gasteiger partial charge in [-0.15, -0.1) is 0 Å². The molecule has 1 fully saturated rings. The molecule has 0 aliphatic carbocycles. The molecule has 1 aromatic rings. The summed E-state index contributed by atoms with van der Waals surface area (Å²) < 4.78 is 13.7. The van der Waals surface area contributed by atoms with Gasteiger partial charge in [-0.25, -0.2) is 14.0 Å². The number of nitrogens with zero attached hydrogens (tertiary/aromatic N) is 1. The van der Waals surface area contributed by atoms with Crippen molar-refractivity contribution in [1.29, 1.82) is 0 Å². The van der Waals surface area contributed by atoms with Gasteiger partial charge in [-0.1, -0.05) is 6.07 Å². The van der Waals surface area contributed by atoms with Crippen LogP contribution in [0.4, 0.5) is 14.9 Å². The number of amides is 2. The lowest BCUT2D eigenvalue weighted by atomic mass is 10.2. The lowest BCUT2D eigenvalue weighted by Gasteiger charge is -2.22. The summed E-state index contributed by atoms with van der Waals surface area (Å²) in [5, 5.41) is 11.6. The highest BCUT2D eigenvalue weighted by Gasteiger charge is 2.34. The average molecular weight is 378 g/mol. The van der Waals surface area contributed by atoms with E-state index in [0.29, 0.717) is 28.6 Å². The third-order valence-corrected chi connectivity index (χ3v) is 4.09. The number of carbonyl (C=O) groups is 2. The number of nitrogens with one attached hydrogen (secondary N) is 1. The summed E-state index contributed by atoms with van der Waals surface area (Å²) in [5.41, 5.74) is 0.349. The number of hydrogen-bond donors (Lipinski definition) is 2. The standard InChI is InChI=1S/C12H12FIN2O3/c13-7-3-1-4-8(10(7)14)15-12(19)16-6-2-5-9(16)11(17)18/h1,3-4,9H,2,5-6H2,(H,15,19)(H,17,18)/t9-/m0/s1. The molecule has 0 bridgehead atoms. The monoisotopic (exact) mass is 378 g/mol. The number of halogens is 2. The Morgan fingerprint density at radius 2 is 2.21 bits per heavy atom. The number of carbonyl (C=O) groups excluding carboxylic acids is 1. The molecule has 1 heterocycles. The maximum absolute atomic E-state index is 13.3. The van der Waals surface area contributed by atoms with Gasteiger partial charge in [0.15, 0.2) is 0 Å². The van der Waals surface area contributed by atoms with Crippen molar-refractivity contribution in [2.75, 3.05) is 11.9 Å². The second kappa shape index (κ2) is 5.72. The number of benzene rings is 1. The molecule has 102 valence electrons. The van der Waals surface area contributed by atoms with Gasteiger partial charge in [-0.05, 0) is 47.6 Å². The minimum atomic E-state index is -1.01. The molecule has 1 aromatic carbocycles. The fourth-order valence-electron chi connectivity index (χ4n) is 2.05.